The molecule has 0 saturated carbocycles. The molecule has 0 aromatic heterocycles. The van der Waals surface area contributed by atoms with Gasteiger partial charge >= 0.3 is 0 Å². The van der Waals surface area contributed by atoms with E-state index in [0.717, 1.165) is 40.6 Å². The van der Waals surface area contributed by atoms with Crippen molar-refractivity contribution in [3.8, 4) is 0 Å². The number of carbonyl (C=O) groups excluding carboxylic acids is 4. The zero-order chi connectivity index (χ0) is 33.0. The number of amides is 3. The summed E-state index contributed by atoms with van der Waals surface area (Å²) in [6, 6.07) is 30.7. The van der Waals surface area contributed by atoms with Crippen molar-refractivity contribution in [3.05, 3.63) is 120 Å². The summed E-state index contributed by atoms with van der Waals surface area (Å²) in [5.74, 6) is -1.37. The van der Waals surface area contributed by atoms with E-state index < -0.39 is 29.9 Å². The third kappa shape index (κ3) is 9.83. The van der Waals surface area contributed by atoms with Gasteiger partial charge in [-0.15, -0.1) is 0 Å². The average Bonchev–Trinajstić information content (AvgIpc) is 3.10. The van der Waals surface area contributed by atoms with E-state index in [1.165, 1.54) is 6.92 Å². The maximum Gasteiger partial charge on any atom is 0.243 e. The van der Waals surface area contributed by atoms with Crippen LogP contribution < -0.4 is 21.3 Å². The third-order valence-electron chi connectivity index (χ3n) is 8.88. The Bertz CT molecular complexity index is 1650. The van der Waals surface area contributed by atoms with Crippen LogP contribution in [0.1, 0.15) is 42.9 Å². The number of Topliss-reactive ketones (excluding diaryl/α,β-unsaturated/α-hetero) is 1. The lowest BCUT2D eigenvalue weighted by Gasteiger charge is -2.27. The van der Waals surface area contributed by atoms with Gasteiger partial charge in [-0.1, -0.05) is 103 Å². The Balaban J connectivity index is 1.36. The highest BCUT2D eigenvalue weighted by atomic mass is 16.2. The molecule has 47 heavy (non-hydrogen) atoms. The number of ketones is 1. The lowest BCUT2D eigenvalue weighted by atomic mass is 9.95. The molecule has 0 aliphatic carbocycles. The molecular formula is C39H44N4O4. The van der Waals surface area contributed by atoms with E-state index in [1.807, 2.05) is 103 Å². The summed E-state index contributed by atoms with van der Waals surface area (Å²) in [5, 5.41) is 14.3. The van der Waals surface area contributed by atoms with Gasteiger partial charge in [0.1, 0.15) is 12.1 Å². The molecule has 0 bridgehead atoms. The first-order valence-electron chi connectivity index (χ1n) is 16.5. The molecule has 4 aromatic rings. The minimum atomic E-state index is -0.921. The van der Waals surface area contributed by atoms with E-state index in [9.17, 15) is 19.2 Å². The summed E-state index contributed by atoms with van der Waals surface area (Å²) in [7, 11) is 0. The molecule has 0 radical (unpaired) electrons. The highest BCUT2D eigenvalue weighted by Gasteiger charge is 2.31. The Morgan fingerprint density at radius 1 is 0.638 bits per heavy atom. The van der Waals surface area contributed by atoms with E-state index in [-0.39, 0.29) is 24.0 Å². The fourth-order valence-corrected chi connectivity index (χ4v) is 6.10. The SMILES string of the molecule is CC(=O)[C@H](Cc1ccccc1)NC(=O)[C@@H](CCc1ccccc1)NC(=O)[C@@H](Cc1ccc2ccccc2c1)NC(=O)C1CCNCC1. The molecule has 8 nitrogen and oxygen atoms in total. The first-order chi connectivity index (χ1) is 22.9. The molecule has 1 aliphatic heterocycles. The van der Waals surface area contributed by atoms with E-state index >= 15 is 0 Å². The van der Waals surface area contributed by atoms with Crippen molar-refractivity contribution in [1.29, 1.82) is 0 Å². The zero-order valence-electron chi connectivity index (χ0n) is 26.9. The smallest absolute Gasteiger partial charge is 0.243 e. The third-order valence-corrected chi connectivity index (χ3v) is 8.88. The topological polar surface area (TPSA) is 116 Å². The van der Waals surface area contributed by atoms with Crippen molar-refractivity contribution >= 4 is 34.3 Å². The molecule has 4 aromatic carbocycles. The number of carbonyl (C=O) groups is 4. The quantitative estimate of drug-likeness (QED) is 0.166. The predicted molar refractivity (Wildman–Crippen MR) is 185 cm³/mol. The average molecular weight is 633 g/mol. The van der Waals surface area contributed by atoms with Crippen molar-refractivity contribution in [2.24, 2.45) is 5.92 Å². The molecular weight excluding hydrogens is 588 g/mol. The van der Waals surface area contributed by atoms with Gasteiger partial charge in [-0.3, -0.25) is 19.2 Å². The second-order valence-corrected chi connectivity index (χ2v) is 12.4. The number of nitrogens with one attached hydrogen (secondary N) is 4. The monoisotopic (exact) mass is 632 g/mol. The first-order valence-corrected chi connectivity index (χ1v) is 16.5. The van der Waals surface area contributed by atoms with Crippen LogP contribution in [0.4, 0.5) is 0 Å². The van der Waals surface area contributed by atoms with Gasteiger partial charge in [-0.25, -0.2) is 0 Å². The second kappa shape index (κ2) is 16.7. The molecule has 1 saturated heterocycles. The molecule has 0 spiro atoms. The molecule has 1 fully saturated rings. The van der Waals surface area contributed by atoms with Gasteiger partial charge < -0.3 is 21.3 Å². The van der Waals surface area contributed by atoms with Crippen LogP contribution in [0.25, 0.3) is 10.8 Å². The molecule has 0 unspecified atom stereocenters. The summed E-state index contributed by atoms with van der Waals surface area (Å²) >= 11 is 0. The van der Waals surface area contributed by atoms with Gasteiger partial charge in [0.05, 0.1) is 6.04 Å². The van der Waals surface area contributed by atoms with E-state index in [2.05, 4.69) is 21.3 Å². The Hall–Kier alpha value is -4.82. The van der Waals surface area contributed by atoms with Crippen LogP contribution in [-0.2, 0) is 38.4 Å². The standard InChI is InChI=1S/C39H44N4O4/c1-27(44)35(25-29-12-6-3-7-13-29)42-38(46)34(19-17-28-10-4-2-5-11-28)41-39(47)36(43-37(45)32-20-22-40-23-21-32)26-30-16-18-31-14-8-9-15-33(31)24-30/h2-16,18,24,32,34-36,40H,17,19-23,25-26H2,1H3,(H,41,47)(H,42,46)(H,43,45)/t34-,35+,36-/m1/s1. The van der Waals surface area contributed by atoms with Gasteiger partial charge in [-0.05, 0) is 79.6 Å². The molecule has 8 heteroatoms. The van der Waals surface area contributed by atoms with Crippen LogP contribution >= 0.6 is 0 Å². The normalized spacial score (nSPS) is 15.3. The minimum Gasteiger partial charge on any atom is -0.344 e. The van der Waals surface area contributed by atoms with E-state index in [1.54, 1.807) is 0 Å². The number of hydrogen-bond acceptors (Lipinski definition) is 5. The van der Waals surface area contributed by atoms with Gasteiger partial charge in [0, 0.05) is 12.3 Å². The highest BCUT2D eigenvalue weighted by molar-refractivity contribution is 5.95. The van der Waals surface area contributed by atoms with Gasteiger partial charge in [0.15, 0.2) is 5.78 Å². The number of rotatable bonds is 14. The lowest BCUT2D eigenvalue weighted by molar-refractivity contribution is -0.134. The van der Waals surface area contributed by atoms with Crippen molar-refractivity contribution < 1.29 is 19.2 Å². The molecule has 5 rings (SSSR count). The fourth-order valence-electron chi connectivity index (χ4n) is 6.10. The molecule has 3 amide bonds. The highest BCUT2D eigenvalue weighted by Crippen LogP contribution is 2.18. The molecule has 1 heterocycles. The van der Waals surface area contributed by atoms with Crippen LogP contribution in [0.15, 0.2) is 103 Å². The predicted octanol–water partition coefficient (Wildman–Crippen LogP) is 4.30. The largest absolute Gasteiger partial charge is 0.344 e. The van der Waals surface area contributed by atoms with Crippen LogP contribution in [0.3, 0.4) is 0 Å². The van der Waals surface area contributed by atoms with Crippen LogP contribution in [0.2, 0.25) is 0 Å². The maximum atomic E-state index is 14.1. The number of benzene rings is 4. The molecule has 1 aliphatic rings. The lowest BCUT2D eigenvalue weighted by Crippen LogP contribution is -2.57. The Morgan fingerprint density at radius 3 is 1.89 bits per heavy atom. The maximum absolute atomic E-state index is 14.1. The summed E-state index contributed by atoms with van der Waals surface area (Å²) in [5.41, 5.74) is 2.85. The summed E-state index contributed by atoms with van der Waals surface area (Å²) < 4.78 is 0. The first kappa shape index (κ1) is 33.5. The summed E-state index contributed by atoms with van der Waals surface area (Å²) in [6.07, 6.45) is 2.88. The van der Waals surface area contributed by atoms with Crippen LogP contribution in [-0.4, -0.2) is 54.7 Å². The van der Waals surface area contributed by atoms with E-state index in [0.29, 0.717) is 32.1 Å². The number of piperidine rings is 1. The summed E-state index contributed by atoms with van der Waals surface area (Å²) in [6.45, 7) is 2.96. The van der Waals surface area contributed by atoms with Crippen LogP contribution in [0.5, 0.6) is 0 Å². The summed E-state index contributed by atoms with van der Waals surface area (Å²) in [4.78, 5) is 53.9. The molecule has 244 valence electrons. The number of fused-ring (bicyclic) bond motifs is 1. The second-order valence-electron chi connectivity index (χ2n) is 12.4. The fraction of sp³-hybridized carbons (Fsp3) is 0.333. The number of hydrogen-bond donors (Lipinski definition) is 4. The van der Waals surface area contributed by atoms with Crippen molar-refractivity contribution in [2.45, 2.75) is 63.6 Å². The Morgan fingerprint density at radius 2 is 1.21 bits per heavy atom. The van der Waals surface area contributed by atoms with E-state index in [4.69, 9.17) is 0 Å². The van der Waals surface area contributed by atoms with Gasteiger partial charge in [0.25, 0.3) is 0 Å². The van der Waals surface area contributed by atoms with Crippen molar-refractivity contribution in [3.63, 3.8) is 0 Å². The van der Waals surface area contributed by atoms with Crippen molar-refractivity contribution in [1.82, 2.24) is 21.3 Å². The zero-order valence-corrected chi connectivity index (χ0v) is 26.9. The molecule has 3 atom stereocenters. The Labute approximate surface area is 276 Å². The van der Waals surface area contributed by atoms with Gasteiger partial charge in [-0.2, -0.15) is 0 Å². The van der Waals surface area contributed by atoms with Crippen molar-refractivity contribution in [2.75, 3.05) is 13.1 Å². The van der Waals surface area contributed by atoms with Gasteiger partial charge in [0.2, 0.25) is 17.7 Å². The minimum absolute atomic E-state index is 0.155. The Kier molecular flexibility index (Phi) is 11.9. The van der Waals surface area contributed by atoms with Crippen LogP contribution in [0, 0.1) is 5.92 Å². The molecule has 4 N–H and O–H groups in total. The number of aryl methyl sites for hydroxylation is 1.